The molecule has 0 saturated carbocycles. The molecule has 0 saturated heterocycles. The fraction of sp³-hybridized carbons (Fsp3) is 0.100. The van der Waals surface area contributed by atoms with Gasteiger partial charge >= 0.3 is 0 Å². The third-order valence-corrected chi connectivity index (χ3v) is 4.78. The van der Waals surface area contributed by atoms with E-state index in [1.165, 1.54) is 27.5 Å². The predicted octanol–water partition coefficient (Wildman–Crippen LogP) is 3.80. The Bertz CT molecular complexity index is 1220. The molecule has 0 aliphatic rings. The lowest BCUT2D eigenvalue weighted by Crippen LogP contribution is -1.94. The van der Waals surface area contributed by atoms with Gasteiger partial charge in [0, 0.05) is 28.9 Å². The van der Waals surface area contributed by atoms with Gasteiger partial charge in [0.2, 0.25) is 0 Å². The van der Waals surface area contributed by atoms with E-state index in [1.807, 2.05) is 19.2 Å². The van der Waals surface area contributed by atoms with Crippen LogP contribution >= 0.6 is 0 Å². The van der Waals surface area contributed by atoms with Gasteiger partial charge in [-0.25, -0.2) is 0 Å². The maximum absolute atomic E-state index is 4.39. The largest absolute Gasteiger partial charge is 0.353 e. The second-order valence-electron chi connectivity index (χ2n) is 6.37. The molecule has 0 fully saturated rings. The normalized spacial score (nSPS) is 11.4. The number of tetrazole rings is 1. The molecule has 26 heavy (non-hydrogen) atoms. The van der Waals surface area contributed by atoms with Gasteiger partial charge in [-0.05, 0) is 41.8 Å². The minimum atomic E-state index is 0.640. The van der Waals surface area contributed by atoms with Gasteiger partial charge in [-0.15, -0.1) is 10.2 Å². The zero-order chi connectivity index (χ0) is 17.5. The summed E-state index contributed by atoms with van der Waals surface area (Å²) in [7, 11) is 0. The van der Waals surface area contributed by atoms with Crippen LogP contribution < -0.4 is 0 Å². The predicted molar refractivity (Wildman–Crippen MR) is 101 cm³/mol. The van der Waals surface area contributed by atoms with Crippen LogP contribution in [0.1, 0.15) is 17.1 Å². The lowest BCUT2D eigenvalue weighted by atomic mass is 9.96. The average Bonchev–Trinajstić information content (AvgIpc) is 3.30. The Balaban J connectivity index is 1.68. The van der Waals surface area contributed by atoms with Gasteiger partial charge in [0.15, 0.2) is 5.82 Å². The summed E-state index contributed by atoms with van der Waals surface area (Å²) in [6.07, 6.45) is 2.50. The number of benzene rings is 2. The van der Waals surface area contributed by atoms with E-state index in [1.54, 1.807) is 0 Å². The molecule has 0 aliphatic heterocycles. The van der Waals surface area contributed by atoms with Crippen molar-refractivity contribution in [2.75, 3.05) is 0 Å². The molecule has 0 spiro atoms. The quantitative estimate of drug-likeness (QED) is 0.523. The number of rotatable bonds is 3. The molecular weight excluding hydrogens is 324 g/mol. The Labute approximate surface area is 149 Å². The number of pyridine rings is 1. The number of aromatic amines is 2. The van der Waals surface area contributed by atoms with Crippen LogP contribution in [0, 0.1) is 6.92 Å². The van der Waals surface area contributed by atoms with Crippen molar-refractivity contribution < 1.29 is 0 Å². The molecule has 0 atom stereocenters. The molecule has 5 rings (SSSR count). The third-order valence-electron chi connectivity index (χ3n) is 4.78. The number of nitrogens with one attached hydrogen (secondary N) is 2. The van der Waals surface area contributed by atoms with Crippen LogP contribution in [-0.4, -0.2) is 30.6 Å². The molecule has 6 heteroatoms. The number of aromatic nitrogens is 6. The molecular formula is C20H16N6. The van der Waals surface area contributed by atoms with Crippen LogP contribution in [0.3, 0.4) is 0 Å². The van der Waals surface area contributed by atoms with Gasteiger partial charge in [-0.1, -0.05) is 35.5 Å². The number of hydrogen-bond acceptors (Lipinski definition) is 4. The lowest BCUT2D eigenvalue weighted by molar-refractivity contribution is 0.881. The zero-order valence-corrected chi connectivity index (χ0v) is 14.2. The first-order valence-corrected chi connectivity index (χ1v) is 8.47. The molecule has 0 radical (unpaired) electrons. The fourth-order valence-corrected chi connectivity index (χ4v) is 3.51. The summed E-state index contributed by atoms with van der Waals surface area (Å²) < 4.78 is 0. The highest BCUT2D eigenvalue weighted by molar-refractivity contribution is 6.09. The second-order valence-corrected chi connectivity index (χ2v) is 6.37. The maximum Gasteiger partial charge on any atom is 0.178 e. The van der Waals surface area contributed by atoms with Crippen LogP contribution in [-0.2, 0) is 6.42 Å². The first kappa shape index (κ1) is 14.8. The summed E-state index contributed by atoms with van der Waals surface area (Å²) in [6.45, 7) is 2.03. The molecule has 0 amide bonds. The molecule has 3 heterocycles. The van der Waals surface area contributed by atoms with E-state index >= 15 is 0 Å². The van der Waals surface area contributed by atoms with Crippen LogP contribution in [0.15, 0.2) is 54.7 Å². The van der Waals surface area contributed by atoms with E-state index in [-0.39, 0.29) is 0 Å². The monoisotopic (exact) mass is 340 g/mol. The van der Waals surface area contributed by atoms with Crippen LogP contribution in [0.5, 0.6) is 0 Å². The highest BCUT2D eigenvalue weighted by atomic mass is 15.5. The highest BCUT2D eigenvalue weighted by Crippen LogP contribution is 2.32. The number of hydrogen-bond donors (Lipinski definition) is 2. The van der Waals surface area contributed by atoms with Gasteiger partial charge in [0.25, 0.3) is 0 Å². The summed E-state index contributed by atoms with van der Waals surface area (Å²) >= 11 is 0. The minimum Gasteiger partial charge on any atom is -0.353 e. The van der Waals surface area contributed by atoms with Crippen molar-refractivity contribution in [1.29, 1.82) is 0 Å². The molecule has 2 aromatic carbocycles. The van der Waals surface area contributed by atoms with E-state index in [9.17, 15) is 0 Å². The van der Waals surface area contributed by atoms with E-state index < -0.39 is 0 Å². The van der Waals surface area contributed by atoms with Crippen molar-refractivity contribution in [3.63, 3.8) is 0 Å². The van der Waals surface area contributed by atoms with Gasteiger partial charge < -0.3 is 4.98 Å². The average molecular weight is 340 g/mol. The Kier molecular flexibility index (Phi) is 3.28. The van der Waals surface area contributed by atoms with Crippen LogP contribution in [0.2, 0.25) is 0 Å². The summed E-state index contributed by atoms with van der Waals surface area (Å²) in [5.41, 5.74) is 6.75. The molecule has 6 nitrogen and oxygen atoms in total. The number of nitrogens with zero attached hydrogens (tertiary/aromatic N) is 4. The lowest BCUT2D eigenvalue weighted by Gasteiger charge is -2.08. The Morgan fingerprint density at radius 1 is 1.00 bits per heavy atom. The minimum absolute atomic E-state index is 0.640. The van der Waals surface area contributed by atoms with Gasteiger partial charge in [0.05, 0.1) is 11.2 Å². The van der Waals surface area contributed by atoms with Gasteiger partial charge in [0.1, 0.15) is 0 Å². The second kappa shape index (κ2) is 5.77. The molecule has 5 aromatic rings. The first-order chi connectivity index (χ1) is 12.8. The Hall–Kier alpha value is -3.54. The summed E-state index contributed by atoms with van der Waals surface area (Å²) in [5, 5.41) is 16.7. The molecule has 126 valence electrons. The van der Waals surface area contributed by atoms with Crippen LogP contribution in [0.25, 0.3) is 32.9 Å². The number of fused-ring (bicyclic) bond motifs is 3. The van der Waals surface area contributed by atoms with Crippen molar-refractivity contribution in [3.8, 4) is 11.1 Å². The van der Waals surface area contributed by atoms with E-state index in [0.717, 1.165) is 16.7 Å². The first-order valence-electron chi connectivity index (χ1n) is 8.47. The zero-order valence-electron chi connectivity index (χ0n) is 14.2. The van der Waals surface area contributed by atoms with Gasteiger partial charge in [-0.3, -0.25) is 4.98 Å². The number of H-pyrrole nitrogens is 2. The van der Waals surface area contributed by atoms with E-state index in [4.69, 9.17) is 0 Å². The highest BCUT2D eigenvalue weighted by Gasteiger charge is 2.11. The van der Waals surface area contributed by atoms with Crippen molar-refractivity contribution in [1.82, 2.24) is 30.6 Å². The summed E-state index contributed by atoms with van der Waals surface area (Å²) in [4.78, 5) is 7.87. The maximum atomic E-state index is 4.39. The van der Waals surface area contributed by atoms with Crippen molar-refractivity contribution >= 4 is 21.8 Å². The van der Waals surface area contributed by atoms with Crippen molar-refractivity contribution in [2.24, 2.45) is 0 Å². The molecule has 0 aliphatic carbocycles. The van der Waals surface area contributed by atoms with E-state index in [0.29, 0.717) is 12.2 Å². The smallest absolute Gasteiger partial charge is 0.178 e. The molecule has 3 aromatic heterocycles. The summed E-state index contributed by atoms with van der Waals surface area (Å²) in [6, 6.07) is 16.9. The third kappa shape index (κ3) is 2.35. The van der Waals surface area contributed by atoms with Crippen LogP contribution in [0.4, 0.5) is 0 Å². The topological polar surface area (TPSA) is 83.1 Å². The fourth-order valence-electron chi connectivity index (χ4n) is 3.51. The van der Waals surface area contributed by atoms with Crippen molar-refractivity contribution in [2.45, 2.75) is 13.3 Å². The SMILES string of the molecule is Cc1nccc2c1[nH]c1ccc(-c3ccccc3Cc3nn[nH]n3)cc12. The Morgan fingerprint density at radius 2 is 1.92 bits per heavy atom. The molecule has 2 N–H and O–H groups in total. The standard InChI is InChI=1S/C20H16N6/c1-12-20-16(8-9-21-12)17-10-14(6-7-18(17)22-20)15-5-3-2-4-13(15)11-19-23-25-26-24-19/h2-10,22H,11H2,1H3,(H,23,24,25,26). The number of aryl methyl sites for hydroxylation is 1. The Morgan fingerprint density at radius 3 is 2.81 bits per heavy atom. The molecule has 0 bridgehead atoms. The van der Waals surface area contributed by atoms with Crippen molar-refractivity contribution in [3.05, 3.63) is 71.8 Å². The van der Waals surface area contributed by atoms with Gasteiger partial charge in [-0.2, -0.15) is 5.21 Å². The molecule has 0 unspecified atom stereocenters. The summed E-state index contributed by atoms with van der Waals surface area (Å²) in [5.74, 6) is 0.687. The van der Waals surface area contributed by atoms with E-state index in [2.05, 4.69) is 73.1 Å².